The second-order valence-electron chi connectivity index (χ2n) is 11.0. The maximum absolute atomic E-state index is 15.1. The summed E-state index contributed by atoms with van der Waals surface area (Å²) in [4.78, 5) is 44.8. The summed E-state index contributed by atoms with van der Waals surface area (Å²) in [5.41, 5.74) is 0.565. The van der Waals surface area contributed by atoms with E-state index in [0.29, 0.717) is 11.3 Å². The van der Waals surface area contributed by atoms with Gasteiger partial charge in [-0.05, 0) is 35.4 Å². The average Bonchev–Trinajstić information content (AvgIpc) is 3.35. The van der Waals surface area contributed by atoms with Crippen LogP contribution in [0.25, 0.3) is 6.08 Å². The Morgan fingerprint density at radius 1 is 0.946 bits per heavy atom. The van der Waals surface area contributed by atoms with E-state index in [-0.39, 0.29) is 17.3 Å². The number of amides is 1. The van der Waals surface area contributed by atoms with Gasteiger partial charge in [-0.1, -0.05) is 81.5 Å². The molecule has 1 saturated heterocycles. The van der Waals surface area contributed by atoms with Crippen LogP contribution < -0.4 is 10.2 Å². The highest BCUT2D eigenvalue weighted by Gasteiger charge is 2.70. The zero-order valence-electron chi connectivity index (χ0n) is 20.9. The highest BCUT2D eigenvalue weighted by atomic mass is 19.1. The van der Waals surface area contributed by atoms with Gasteiger partial charge in [-0.25, -0.2) is 4.39 Å². The van der Waals surface area contributed by atoms with Crippen molar-refractivity contribution in [1.82, 2.24) is 0 Å². The third-order valence-corrected chi connectivity index (χ3v) is 7.97. The molecule has 6 rings (SSSR count). The van der Waals surface area contributed by atoms with Crippen molar-refractivity contribution in [2.24, 2.45) is 11.3 Å². The van der Waals surface area contributed by atoms with Gasteiger partial charge in [0.25, 0.3) is 0 Å². The maximum Gasteiger partial charge on any atom is 0.238 e. The molecule has 3 aromatic rings. The molecule has 0 bridgehead atoms. The van der Waals surface area contributed by atoms with Crippen LogP contribution in [0.4, 0.5) is 15.8 Å². The molecule has 0 saturated carbocycles. The largest absolute Gasteiger partial charge is 0.352 e. The van der Waals surface area contributed by atoms with E-state index >= 15 is 4.39 Å². The second-order valence-corrected chi connectivity index (χ2v) is 11.0. The first kappa shape index (κ1) is 23.3. The van der Waals surface area contributed by atoms with Crippen molar-refractivity contribution in [3.05, 3.63) is 101 Å². The number of halogens is 1. The molecule has 37 heavy (non-hydrogen) atoms. The Bertz CT molecular complexity index is 1500. The smallest absolute Gasteiger partial charge is 0.238 e. The molecule has 1 N–H and O–H groups in total. The number of Topliss-reactive ketones (excluding diaryl/α,β-unsaturated/α-hetero) is 2. The van der Waals surface area contributed by atoms with E-state index < -0.39 is 40.4 Å². The minimum Gasteiger partial charge on any atom is -0.352 e. The number of hydrogen-bond acceptors (Lipinski definition) is 4. The molecule has 3 aliphatic heterocycles. The molecule has 0 unspecified atom stereocenters. The summed E-state index contributed by atoms with van der Waals surface area (Å²) in [6.45, 7) is 5.44. The van der Waals surface area contributed by atoms with E-state index in [4.69, 9.17) is 0 Å². The molecule has 0 radical (unpaired) electrons. The first-order chi connectivity index (χ1) is 17.7. The molecule has 6 heteroatoms. The van der Waals surface area contributed by atoms with E-state index in [0.717, 1.165) is 11.3 Å². The van der Waals surface area contributed by atoms with Gasteiger partial charge in [0.2, 0.25) is 5.91 Å². The van der Waals surface area contributed by atoms with Gasteiger partial charge < -0.3 is 10.2 Å². The number of nitrogens with zero attached hydrogens (tertiary/aromatic N) is 1. The highest BCUT2D eigenvalue weighted by Crippen LogP contribution is 2.58. The number of nitrogens with one attached hydrogen (secondary N) is 1. The van der Waals surface area contributed by atoms with Gasteiger partial charge in [-0.15, -0.1) is 0 Å². The Kier molecular flexibility index (Phi) is 5.03. The number of carbonyl (C=O) groups is 3. The Labute approximate surface area is 215 Å². The molecule has 3 aromatic carbocycles. The van der Waals surface area contributed by atoms with Crippen molar-refractivity contribution in [3.8, 4) is 0 Å². The van der Waals surface area contributed by atoms with Gasteiger partial charge >= 0.3 is 0 Å². The average molecular weight is 495 g/mol. The molecule has 4 atom stereocenters. The van der Waals surface area contributed by atoms with Crippen LogP contribution in [0.3, 0.4) is 0 Å². The first-order valence-corrected chi connectivity index (χ1v) is 12.5. The van der Waals surface area contributed by atoms with Crippen LogP contribution in [-0.2, 0) is 15.0 Å². The topological polar surface area (TPSA) is 66.5 Å². The Morgan fingerprint density at radius 2 is 1.62 bits per heavy atom. The van der Waals surface area contributed by atoms with Gasteiger partial charge in [0.15, 0.2) is 11.6 Å². The summed E-state index contributed by atoms with van der Waals surface area (Å²) in [7, 11) is 0. The lowest BCUT2D eigenvalue weighted by atomic mass is 9.63. The van der Waals surface area contributed by atoms with Crippen molar-refractivity contribution in [1.29, 1.82) is 0 Å². The van der Waals surface area contributed by atoms with Crippen molar-refractivity contribution >= 4 is 34.9 Å². The van der Waals surface area contributed by atoms with E-state index in [1.165, 1.54) is 18.2 Å². The molecule has 5 nitrogen and oxygen atoms in total. The van der Waals surface area contributed by atoms with Gasteiger partial charge in [-0.2, -0.15) is 0 Å². The molecule has 3 heterocycles. The van der Waals surface area contributed by atoms with E-state index in [1.54, 1.807) is 12.1 Å². The van der Waals surface area contributed by atoms with Crippen LogP contribution >= 0.6 is 0 Å². The molecule has 1 fully saturated rings. The number of rotatable bonds is 3. The fourth-order valence-electron chi connectivity index (χ4n) is 6.39. The van der Waals surface area contributed by atoms with E-state index in [2.05, 4.69) is 5.32 Å². The van der Waals surface area contributed by atoms with Gasteiger partial charge in [0.05, 0.1) is 17.5 Å². The molecular formula is C31H27FN2O3. The second kappa shape index (κ2) is 7.97. The van der Waals surface area contributed by atoms with Crippen LogP contribution in [0.2, 0.25) is 0 Å². The number of carbonyl (C=O) groups excluding carboxylic acids is 3. The highest BCUT2D eigenvalue weighted by molar-refractivity contribution is 6.17. The van der Waals surface area contributed by atoms with Crippen LogP contribution in [0.5, 0.6) is 0 Å². The minimum absolute atomic E-state index is 0.118. The number of hydrogen-bond donors (Lipinski definition) is 1. The summed E-state index contributed by atoms with van der Waals surface area (Å²) in [6.07, 6.45) is 3.86. The van der Waals surface area contributed by atoms with Crippen LogP contribution in [-0.4, -0.2) is 29.6 Å². The molecule has 0 aliphatic carbocycles. The fourth-order valence-corrected chi connectivity index (χ4v) is 6.39. The van der Waals surface area contributed by atoms with Crippen LogP contribution in [0, 0.1) is 17.2 Å². The Balaban J connectivity index is 1.70. The molecule has 0 aromatic heterocycles. The zero-order valence-corrected chi connectivity index (χ0v) is 20.9. The molecular weight excluding hydrogens is 467 g/mol. The van der Waals surface area contributed by atoms with E-state index in [9.17, 15) is 14.4 Å². The summed E-state index contributed by atoms with van der Waals surface area (Å²) in [5.74, 6) is -2.90. The standard InChI is InChI=1S/C31H27FN2O3/c1-30(2,3)28(36)26-25(27(35)19-11-5-7-13-21(19)32)31(20-12-6-8-14-22(20)33-29(31)37)24-17-16-18-10-4-9-15-23(18)34(24)26/h4-17,24-26H,1-3H3,(H,33,37)/t24-,25-,26+,31-/m1/s1. The zero-order chi connectivity index (χ0) is 26.1. The maximum atomic E-state index is 15.1. The monoisotopic (exact) mass is 494 g/mol. The van der Waals surface area contributed by atoms with Gasteiger partial charge in [0, 0.05) is 16.8 Å². The summed E-state index contributed by atoms with van der Waals surface area (Å²) in [6, 6.07) is 19.1. The van der Waals surface area contributed by atoms with Crippen LogP contribution in [0.15, 0.2) is 78.9 Å². The molecule has 3 aliphatic rings. The number of fused-ring (bicyclic) bond motifs is 6. The molecule has 186 valence electrons. The summed E-state index contributed by atoms with van der Waals surface area (Å²) in [5, 5.41) is 2.98. The Hall–Kier alpha value is -4.06. The first-order valence-electron chi connectivity index (χ1n) is 12.5. The lowest BCUT2D eigenvalue weighted by Gasteiger charge is -2.38. The lowest BCUT2D eigenvalue weighted by Crippen LogP contribution is -2.51. The van der Waals surface area contributed by atoms with Crippen molar-refractivity contribution in [3.63, 3.8) is 0 Å². The normalized spacial score (nSPS) is 25.5. The van der Waals surface area contributed by atoms with Crippen molar-refractivity contribution in [2.75, 3.05) is 10.2 Å². The van der Waals surface area contributed by atoms with Crippen molar-refractivity contribution in [2.45, 2.75) is 38.3 Å². The number of benzene rings is 3. The molecule has 1 amide bonds. The molecule has 1 spiro atoms. The predicted molar refractivity (Wildman–Crippen MR) is 141 cm³/mol. The number of para-hydroxylation sites is 2. The predicted octanol–water partition coefficient (Wildman–Crippen LogP) is 5.41. The lowest BCUT2D eigenvalue weighted by molar-refractivity contribution is -0.128. The van der Waals surface area contributed by atoms with Crippen LogP contribution in [0.1, 0.15) is 42.3 Å². The van der Waals surface area contributed by atoms with Gasteiger partial charge in [-0.3, -0.25) is 14.4 Å². The SMILES string of the molecule is CC(C)(C)C(=O)[C@@H]1[C@H](C(=O)c2ccccc2F)[C@]2(C(=O)Nc3ccccc32)[C@H]2C=Cc3ccccc3N12. The number of ketones is 2. The quantitative estimate of drug-likeness (QED) is 0.494. The van der Waals surface area contributed by atoms with Crippen molar-refractivity contribution < 1.29 is 18.8 Å². The number of anilines is 2. The third kappa shape index (κ3) is 3.11. The summed E-state index contributed by atoms with van der Waals surface area (Å²) < 4.78 is 15.1. The summed E-state index contributed by atoms with van der Waals surface area (Å²) >= 11 is 0. The van der Waals surface area contributed by atoms with E-state index in [1.807, 2.05) is 80.3 Å². The van der Waals surface area contributed by atoms with Gasteiger partial charge in [0.1, 0.15) is 17.3 Å². The Morgan fingerprint density at radius 3 is 2.38 bits per heavy atom. The fraction of sp³-hybridized carbons (Fsp3) is 0.258. The minimum atomic E-state index is -1.43. The third-order valence-electron chi connectivity index (χ3n) is 7.97.